The maximum absolute atomic E-state index is 16.9. The number of halogens is 7. The van der Waals surface area contributed by atoms with Gasteiger partial charge in [-0.25, -0.2) is 22.5 Å². The van der Waals surface area contributed by atoms with Crippen molar-refractivity contribution < 1.29 is 35.5 Å². The molecule has 4 N–H and O–H groups in total. The second-order valence-corrected chi connectivity index (χ2v) is 14.3. The first-order chi connectivity index (χ1) is 23.4. The smallest absolute Gasteiger partial charge is 0.417 e. The molecule has 3 aliphatic rings. The van der Waals surface area contributed by atoms with E-state index in [9.17, 15) is 26.3 Å². The summed E-state index contributed by atoms with van der Waals surface area (Å²) in [5.41, 5.74) is 2.74. The van der Waals surface area contributed by atoms with E-state index >= 15 is 4.39 Å². The van der Waals surface area contributed by atoms with Crippen molar-refractivity contribution in [1.29, 1.82) is 0 Å². The monoisotopic (exact) mass is 711 g/mol. The molecule has 6 atom stereocenters. The molecule has 2 bridgehead atoms. The summed E-state index contributed by atoms with van der Waals surface area (Å²) in [5.74, 6) is -2.16. The van der Waals surface area contributed by atoms with Gasteiger partial charge in [-0.2, -0.15) is 23.1 Å². The maximum atomic E-state index is 16.9. The molecule has 4 aromatic rings. The third kappa shape index (κ3) is 6.58. The minimum absolute atomic E-state index is 0.0303. The van der Waals surface area contributed by atoms with Crippen molar-refractivity contribution in [3.05, 3.63) is 35.4 Å². The molecule has 2 unspecified atom stereocenters. The van der Waals surface area contributed by atoms with Crippen LogP contribution in [0.1, 0.15) is 51.0 Å². The minimum atomic E-state index is -5.04. The van der Waals surface area contributed by atoms with Crippen molar-refractivity contribution in [2.75, 3.05) is 36.9 Å². The van der Waals surface area contributed by atoms with Gasteiger partial charge in [-0.1, -0.05) is 11.3 Å². The quantitative estimate of drug-likeness (QED) is 0.169. The van der Waals surface area contributed by atoms with Crippen molar-refractivity contribution in [2.45, 2.75) is 82.1 Å². The summed E-state index contributed by atoms with van der Waals surface area (Å²) in [6.07, 6.45) is -3.57. The van der Waals surface area contributed by atoms with E-state index in [4.69, 9.17) is 10.5 Å². The van der Waals surface area contributed by atoms with Gasteiger partial charge in [0.05, 0.1) is 22.4 Å². The van der Waals surface area contributed by atoms with Crippen molar-refractivity contribution >= 4 is 43.4 Å². The lowest BCUT2D eigenvalue weighted by atomic mass is 9.95. The number of thiazole rings is 1. The molecule has 0 radical (unpaired) electrons. The number of hydrogen-bond donors (Lipinski definition) is 3. The summed E-state index contributed by atoms with van der Waals surface area (Å²) >= 11 is 0.744. The summed E-state index contributed by atoms with van der Waals surface area (Å²) in [7, 11) is 0. The average molecular weight is 712 g/mol. The van der Waals surface area contributed by atoms with Gasteiger partial charge in [0.15, 0.2) is 10.9 Å². The standard InChI is InChI=1S/C33H36F7N7OS/c1-15(34)12-43-23-10-18-4-7-24(23)47(18)30-20-11-21(33(38,39)40)25(19-5-6-22(36)29-28(19)44-31(41)49-29)26(37)27(20)45-32(46-30)48-14-16-3-2-8-42-13-17(35)9-16/h5-6,11,15-18,23-24,42-43H,2-4,7-10,12-14H2,1H3,(H2,41,44)/t15?,16-,17-,18-,23?,24+/m1/s1. The molecular formula is C33H36F7N7OS. The molecule has 0 amide bonds. The Kier molecular flexibility index (Phi) is 9.24. The Morgan fingerprint density at radius 2 is 1.94 bits per heavy atom. The Balaban J connectivity index is 1.39. The largest absolute Gasteiger partial charge is 0.463 e. The number of nitrogens with one attached hydrogen (secondary N) is 2. The zero-order valence-corrected chi connectivity index (χ0v) is 27.4. The van der Waals surface area contributed by atoms with Gasteiger partial charge in [0.2, 0.25) is 0 Å². The van der Waals surface area contributed by atoms with Crippen LogP contribution in [0.25, 0.3) is 32.2 Å². The third-order valence-corrected chi connectivity index (χ3v) is 10.7. The van der Waals surface area contributed by atoms with Crippen LogP contribution >= 0.6 is 11.3 Å². The van der Waals surface area contributed by atoms with Gasteiger partial charge in [-0.15, -0.1) is 0 Å². The number of aromatic nitrogens is 3. The van der Waals surface area contributed by atoms with Crippen LogP contribution in [-0.2, 0) is 6.18 Å². The number of anilines is 2. The first-order valence-electron chi connectivity index (χ1n) is 16.5. The average Bonchev–Trinajstić information content (AvgIpc) is 3.73. The van der Waals surface area contributed by atoms with Crippen molar-refractivity contribution in [3.63, 3.8) is 0 Å². The predicted octanol–water partition coefficient (Wildman–Crippen LogP) is 6.95. The van der Waals surface area contributed by atoms with E-state index in [1.54, 1.807) is 0 Å². The van der Waals surface area contributed by atoms with Crippen LogP contribution in [-0.4, -0.2) is 71.7 Å². The van der Waals surface area contributed by atoms with Crippen LogP contribution in [0.5, 0.6) is 6.01 Å². The Labute approximate surface area is 281 Å². The number of nitrogens with two attached hydrogens (primary N) is 1. The van der Waals surface area contributed by atoms with Gasteiger partial charge in [-0.3, -0.25) is 0 Å². The highest BCUT2D eigenvalue weighted by Crippen LogP contribution is 2.48. The van der Waals surface area contributed by atoms with Gasteiger partial charge in [0, 0.05) is 47.7 Å². The fourth-order valence-corrected chi connectivity index (χ4v) is 8.43. The molecule has 3 fully saturated rings. The third-order valence-electron chi connectivity index (χ3n) is 9.79. The van der Waals surface area contributed by atoms with E-state index in [1.807, 2.05) is 4.90 Å². The van der Waals surface area contributed by atoms with Gasteiger partial charge < -0.3 is 26.0 Å². The minimum Gasteiger partial charge on any atom is -0.463 e. The lowest BCUT2D eigenvalue weighted by Gasteiger charge is -2.28. The van der Waals surface area contributed by atoms with Gasteiger partial charge >= 0.3 is 12.2 Å². The fourth-order valence-electron chi connectivity index (χ4n) is 7.67. The SMILES string of the molecule is CC(F)CNC1C[C@H]2CC[C@@H]1N2c1nc(OC[C@@H]2CCCNC[C@H](F)C2)nc2c(F)c(-c3ccc(F)c4sc(N)nc34)c(C(F)(F)F)cc12. The Morgan fingerprint density at radius 1 is 1.12 bits per heavy atom. The second-order valence-electron chi connectivity index (χ2n) is 13.3. The Hall–Kier alpha value is -3.50. The molecule has 0 saturated carbocycles. The summed E-state index contributed by atoms with van der Waals surface area (Å²) in [5, 5.41) is 6.02. The number of nitrogens with zero attached hydrogens (tertiary/aromatic N) is 4. The van der Waals surface area contributed by atoms with Crippen LogP contribution in [0.15, 0.2) is 18.2 Å². The number of alkyl halides is 5. The van der Waals surface area contributed by atoms with E-state index in [0.29, 0.717) is 25.8 Å². The van der Waals surface area contributed by atoms with Crippen molar-refractivity contribution in [1.82, 2.24) is 25.6 Å². The normalized spacial score (nSPS) is 25.2. The van der Waals surface area contributed by atoms with Gasteiger partial charge in [0.1, 0.15) is 29.5 Å². The molecule has 3 aliphatic heterocycles. The summed E-state index contributed by atoms with van der Waals surface area (Å²) in [6, 6.07) is 2.03. The van der Waals surface area contributed by atoms with E-state index < -0.39 is 46.8 Å². The summed E-state index contributed by atoms with van der Waals surface area (Å²) in [6.45, 7) is 2.45. The van der Waals surface area contributed by atoms with Crippen molar-refractivity contribution in [3.8, 4) is 17.1 Å². The Morgan fingerprint density at radius 3 is 2.71 bits per heavy atom. The molecule has 8 nitrogen and oxygen atoms in total. The number of nitrogen functional groups attached to an aromatic ring is 1. The predicted molar refractivity (Wildman–Crippen MR) is 174 cm³/mol. The zero-order chi connectivity index (χ0) is 34.6. The summed E-state index contributed by atoms with van der Waals surface area (Å²) in [4.78, 5) is 14.9. The van der Waals surface area contributed by atoms with Crippen LogP contribution < -0.4 is 26.0 Å². The number of ether oxygens (including phenoxy) is 1. The highest BCUT2D eigenvalue weighted by atomic mass is 32.1. The fraction of sp³-hybridized carbons (Fsp3) is 0.545. The molecule has 0 aliphatic carbocycles. The molecule has 16 heteroatoms. The first-order valence-corrected chi connectivity index (χ1v) is 17.3. The number of fused-ring (bicyclic) bond motifs is 4. The maximum Gasteiger partial charge on any atom is 0.417 e. The number of benzene rings is 2. The first kappa shape index (κ1) is 34.0. The second kappa shape index (κ2) is 13.3. The van der Waals surface area contributed by atoms with Crippen LogP contribution in [0.3, 0.4) is 0 Å². The molecule has 7 rings (SSSR count). The van der Waals surface area contributed by atoms with E-state index in [1.165, 1.54) is 6.92 Å². The zero-order valence-electron chi connectivity index (χ0n) is 26.6. The van der Waals surface area contributed by atoms with Crippen LogP contribution in [0.4, 0.5) is 41.7 Å². The van der Waals surface area contributed by atoms with E-state index in [2.05, 4.69) is 25.6 Å². The van der Waals surface area contributed by atoms with Gasteiger partial charge in [-0.05, 0) is 76.1 Å². The van der Waals surface area contributed by atoms with Crippen LogP contribution in [0.2, 0.25) is 0 Å². The summed E-state index contributed by atoms with van der Waals surface area (Å²) < 4.78 is 110. The highest BCUT2D eigenvalue weighted by Gasteiger charge is 2.48. The molecular weight excluding hydrogens is 675 g/mol. The molecule has 2 aromatic heterocycles. The topological polar surface area (TPSA) is 101 Å². The lowest BCUT2D eigenvalue weighted by Crippen LogP contribution is -2.43. The van der Waals surface area contributed by atoms with E-state index in [0.717, 1.165) is 42.4 Å². The van der Waals surface area contributed by atoms with Crippen molar-refractivity contribution in [2.24, 2.45) is 5.92 Å². The molecule has 264 valence electrons. The van der Waals surface area contributed by atoms with E-state index in [-0.39, 0.29) is 88.3 Å². The highest BCUT2D eigenvalue weighted by molar-refractivity contribution is 7.22. The molecule has 49 heavy (non-hydrogen) atoms. The Bertz CT molecular complexity index is 1850. The molecule has 5 heterocycles. The van der Waals surface area contributed by atoms with Crippen LogP contribution in [0, 0.1) is 17.6 Å². The molecule has 3 saturated heterocycles. The molecule has 2 aromatic carbocycles. The lowest BCUT2D eigenvalue weighted by molar-refractivity contribution is -0.137. The number of hydrogen-bond acceptors (Lipinski definition) is 9. The molecule has 0 spiro atoms. The number of rotatable bonds is 8. The van der Waals surface area contributed by atoms with Gasteiger partial charge in [0.25, 0.3) is 0 Å².